The first kappa shape index (κ1) is 11.3. The predicted molar refractivity (Wildman–Crippen MR) is 72.5 cm³/mol. The van der Waals surface area contributed by atoms with Gasteiger partial charge < -0.3 is 14.2 Å². The van der Waals surface area contributed by atoms with Gasteiger partial charge in [-0.05, 0) is 46.3 Å². The molecule has 0 aliphatic carbocycles. The van der Waals surface area contributed by atoms with Gasteiger partial charge in [0.25, 0.3) is 0 Å². The molecule has 0 amide bonds. The van der Waals surface area contributed by atoms with Crippen LogP contribution in [-0.4, -0.2) is 4.98 Å². The van der Waals surface area contributed by atoms with Crippen LogP contribution in [0.25, 0.3) is 11.1 Å². The minimum absolute atomic E-state index is 0.633. The molecule has 4 nitrogen and oxygen atoms in total. The average Bonchev–Trinajstić information content (AvgIpc) is 2.90. The summed E-state index contributed by atoms with van der Waals surface area (Å²) in [5, 5.41) is 3.28. The molecular weight excluding hydrogens is 296 g/mol. The maximum atomic E-state index is 5.43. The van der Waals surface area contributed by atoms with E-state index in [1.807, 2.05) is 37.3 Å². The minimum atomic E-state index is 0.633. The average molecular weight is 307 g/mol. The number of nitrogens with one attached hydrogen (secondary N) is 1. The van der Waals surface area contributed by atoms with E-state index in [0.717, 1.165) is 27.2 Å². The van der Waals surface area contributed by atoms with Gasteiger partial charge in [0, 0.05) is 12.6 Å². The van der Waals surface area contributed by atoms with Gasteiger partial charge >= 0.3 is 0 Å². The van der Waals surface area contributed by atoms with E-state index in [0.29, 0.717) is 12.4 Å². The normalized spacial score (nSPS) is 11.0. The lowest BCUT2D eigenvalue weighted by Crippen LogP contribution is -1.97. The van der Waals surface area contributed by atoms with Crippen LogP contribution in [0, 0.1) is 6.92 Å². The summed E-state index contributed by atoms with van der Waals surface area (Å²) in [5.41, 5.74) is 2.65. The molecule has 0 aliphatic heterocycles. The maximum Gasteiger partial charge on any atom is 0.192 e. The van der Waals surface area contributed by atoms with E-state index in [2.05, 4.69) is 26.2 Å². The van der Waals surface area contributed by atoms with Crippen LogP contribution in [0.2, 0.25) is 0 Å². The molecule has 3 aromatic rings. The Kier molecular flexibility index (Phi) is 2.83. The van der Waals surface area contributed by atoms with Crippen molar-refractivity contribution in [2.75, 3.05) is 5.32 Å². The maximum absolute atomic E-state index is 5.43. The van der Waals surface area contributed by atoms with Gasteiger partial charge in [-0.15, -0.1) is 0 Å². The Labute approximate surface area is 112 Å². The van der Waals surface area contributed by atoms with Crippen molar-refractivity contribution in [1.29, 1.82) is 0 Å². The van der Waals surface area contributed by atoms with Gasteiger partial charge in [-0.2, -0.15) is 0 Å². The monoisotopic (exact) mass is 306 g/mol. The standard InChI is InChI=1S/C13H11BrN2O2/c1-8-16-11-6-9(2-4-12(11)17-8)15-7-10-3-5-13(14)18-10/h2-6,15H,7H2,1H3. The fraction of sp³-hybridized carbons (Fsp3) is 0.154. The highest BCUT2D eigenvalue weighted by Gasteiger charge is 2.04. The summed E-state index contributed by atoms with van der Waals surface area (Å²) in [6, 6.07) is 9.64. The molecule has 3 rings (SSSR count). The van der Waals surface area contributed by atoms with Crippen LogP contribution in [0.3, 0.4) is 0 Å². The molecular formula is C13H11BrN2O2. The number of hydrogen-bond donors (Lipinski definition) is 1. The number of benzene rings is 1. The fourth-order valence-corrected chi connectivity index (χ4v) is 2.13. The second kappa shape index (κ2) is 4.49. The molecule has 0 atom stereocenters. The second-order valence-electron chi connectivity index (χ2n) is 3.97. The zero-order valence-corrected chi connectivity index (χ0v) is 11.3. The number of rotatable bonds is 3. The molecule has 2 aromatic heterocycles. The first-order valence-electron chi connectivity index (χ1n) is 5.56. The number of fused-ring (bicyclic) bond motifs is 1. The lowest BCUT2D eigenvalue weighted by Gasteiger charge is -2.03. The SMILES string of the molecule is Cc1nc2cc(NCc3ccc(Br)o3)ccc2o1. The Bertz CT molecular complexity index is 687. The largest absolute Gasteiger partial charge is 0.452 e. The van der Waals surface area contributed by atoms with Gasteiger partial charge in [-0.1, -0.05) is 0 Å². The number of nitrogens with zero attached hydrogens (tertiary/aromatic N) is 1. The van der Waals surface area contributed by atoms with Crippen LogP contribution in [0.1, 0.15) is 11.7 Å². The minimum Gasteiger partial charge on any atom is -0.452 e. The highest BCUT2D eigenvalue weighted by Crippen LogP contribution is 2.21. The quantitative estimate of drug-likeness (QED) is 0.791. The number of aryl methyl sites for hydroxylation is 1. The Morgan fingerprint density at radius 1 is 1.22 bits per heavy atom. The smallest absolute Gasteiger partial charge is 0.192 e. The third-order valence-corrected chi connectivity index (χ3v) is 3.02. The highest BCUT2D eigenvalue weighted by atomic mass is 79.9. The molecule has 1 aromatic carbocycles. The van der Waals surface area contributed by atoms with Gasteiger partial charge in [0.1, 0.15) is 11.3 Å². The molecule has 0 bridgehead atoms. The Morgan fingerprint density at radius 2 is 2.11 bits per heavy atom. The van der Waals surface area contributed by atoms with Crippen molar-refractivity contribution < 1.29 is 8.83 Å². The van der Waals surface area contributed by atoms with Crippen molar-refractivity contribution in [2.45, 2.75) is 13.5 Å². The number of oxazole rings is 1. The summed E-state index contributed by atoms with van der Waals surface area (Å²) < 4.78 is 11.6. The summed E-state index contributed by atoms with van der Waals surface area (Å²) in [6.07, 6.45) is 0. The van der Waals surface area contributed by atoms with Crippen molar-refractivity contribution in [2.24, 2.45) is 0 Å². The molecule has 1 N–H and O–H groups in total. The molecule has 2 heterocycles. The number of hydrogen-bond acceptors (Lipinski definition) is 4. The molecule has 5 heteroatoms. The summed E-state index contributed by atoms with van der Waals surface area (Å²) in [6.45, 7) is 2.47. The van der Waals surface area contributed by atoms with Crippen molar-refractivity contribution >= 4 is 32.7 Å². The van der Waals surface area contributed by atoms with E-state index in [1.165, 1.54) is 0 Å². The van der Waals surface area contributed by atoms with Crippen LogP contribution in [0.15, 0.2) is 43.8 Å². The zero-order chi connectivity index (χ0) is 12.5. The summed E-state index contributed by atoms with van der Waals surface area (Å²) >= 11 is 3.28. The topological polar surface area (TPSA) is 51.2 Å². The van der Waals surface area contributed by atoms with Gasteiger partial charge in [-0.25, -0.2) is 4.98 Å². The van der Waals surface area contributed by atoms with Crippen LogP contribution in [0.4, 0.5) is 5.69 Å². The lowest BCUT2D eigenvalue weighted by molar-refractivity contribution is 0.495. The molecule has 0 saturated heterocycles. The first-order valence-corrected chi connectivity index (χ1v) is 6.35. The summed E-state index contributed by atoms with van der Waals surface area (Å²) in [7, 11) is 0. The molecule has 0 unspecified atom stereocenters. The van der Waals surface area contributed by atoms with E-state index in [1.54, 1.807) is 0 Å². The number of furan rings is 1. The van der Waals surface area contributed by atoms with E-state index in [4.69, 9.17) is 8.83 Å². The Hall–Kier alpha value is -1.75. The molecule has 92 valence electrons. The predicted octanol–water partition coefficient (Wildman–Crippen LogP) is 4.10. The van der Waals surface area contributed by atoms with Crippen LogP contribution >= 0.6 is 15.9 Å². The highest BCUT2D eigenvalue weighted by molar-refractivity contribution is 9.10. The van der Waals surface area contributed by atoms with Crippen LogP contribution in [-0.2, 0) is 6.54 Å². The first-order chi connectivity index (χ1) is 8.70. The summed E-state index contributed by atoms with van der Waals surface area (Å²) in [4.78, 5) is 4.30. The molecule has 0 spiro atoms. The van der Waals surface area contributed by atoms with E-state index >= 15 is 0 Å². The lowest BCUT2D eigenvalue weighted by atomic mass is 10.3. The molecule has 0 fully saturated rings. The van der Waals surface area contributed by atoms with E-state index in [-0.39, 0.29) is 0 Å². The molecule has 18 heavy (non-hydrogen) atoms. The third kappa shape index (κ3) is 2.26. The molecule has 0 saturated carbocycles. The third-order valence-electron chi connectivity index (χ3n) is 2.59. The van der Waals surface area contributed by atoms with Gasteiger partial charge in [0.15, 0.2) is 16.1 Å². The zero-order valence-electron chi connectivity index (χ0n) is 9.74. The molecule has 0 radical (unpaired) electrons. The van der Waals surface area contributed by atoms with E-state index in [9.17, 15) is 0 Å². The number of aromatic nitrogens is 1. The Balaban J connectivity index is 1.78. The van der Waals surface area contributed by atoms with Crippen LogP contribution < -0.4 is 5.32 Å². The molecule has 0 aliphatic rings. The van der Waals surface area contributed by atoms with E-state index < -0.39 is 0 Å². The fourth-order valence-electron chi connectivity index (χ4n) is 1.79. The van der Waals surface area contributed by atoms with Crippen LogP contribution in [0.5, 0.6) is 0 Å². The van der Waals surface area contributed by atoms with Crippen molar-refractivity contribution in [3.63, 3.8) is 0 Å². The summed E-state index contributed by atoms with van der Waals surface area (Å²) in [5.74, 6) is 1.55. The van der Waals surface area contributed by atoms with Gasteiger partial charge in [0.05, 0.1) is 6.54 Å². The number of anilines is 1. The number of halogens is 1. The van der Waals surface area contributed by atoms with Gasteiger partial charge in [0.2, 0.25) is 0 Å². The van der Waals surface area contributed by atoms with Crippen molar-refractivity contribution in [3.05, 3.63) is 46.7 Å². The second-order valence-corrected chi connectivity index (χ2v) is 4.76. The van der Waals surface area contributed by atoms with Crippen molar-refractivity contribution in [1.82, 2.24) is 4.98 Å². The Morgan fingerprint density at radius 3 is 2.89 bits per heavy atom. The van der Waals surface area contributed by atoms with Crippen molar-refractivity contribution in [3.8, 4) is 0 Å². The van der Waals surface area contributed by atoms with Gasteiger partial charge in [-0.3, -0.25) is 0 Å².